The SMILES string of the molecule is CCNC(=O)c1ccc(N(CCOC)C2CC2)c(N)c1. The van der Waals surface area contributed by atoms with Crippen LogP contribution in [0.4, 0.5) is 11.4 Å². The summed E-state index contributed by atoms with van der Waals surface area (Å²) < 4.78 is 5.16. The van der Waals surface area contributed by atoms with Crippen LogP contribution in [0.15, 0.2) is 18.2 Å². The van der Waals surface area contributed by atoms with Crippen LogP contribution in [0.5, 0.6) is 0 Å². The number of hydrogen-bond acceptors (Lipinski definition) is 4. The van der Waals surface area contributed by atoms with Gasteiger partial charge >= 0.3 is 0 Å². The summed E-state index contributed by atoms with van der Waals surface area (Å²) in [4.78, 5) is 14.1. The van der Waals surface area contributed by atoms with Crippen molar-refractivity contribution in [3.63, 3.8) is 0 Å². The third-order valence-corrected chi connectivity index (χ3v) is 3.46. The smallest absolute Gasteiger partial charge is 0.251 e. The number of methoxy groups -OCH3 is 1. The number of carbonyl (C=O) groups is 1. The molecular weight excluding hydrogens is 254 g/mol. The van der Waals surface area contributed by atoms with Crippen molar-refractivity contribution in [2.24, 2.45) is 0 Å². The van der Waals surface area contributed by atoms with Gasteiger partial charge in [0.05, 0.1) is 18.0 Å². The highest BCUT2D eigenvalue weighted by Gasteiger charge is 2.30. The summed E-state index contributed by atoms with van der Waals surface area (Å²) in [5.74, 6) is -0.0828. The number of nitrogens with two attached hydrogens (primary N) is 1. The molecule has 3 N–H and O–H groups in total. The Bertz CT molecular complexity index is 472. The van der Waals surface area contributed by atoms with Gasteiger partial charge in [0.2, 0.25) is 0 Å². The van der Waals surface area contributed by atoms with Gasteiger partial charge in [-0.15, -0.1) is 0 Å². The van der Waals surface area contributed by atoms with E-state index in [1.165, 1.54) is 12.8 Å². The standard InChI is InChI=1S/C15H23N3O2/c1-3-17-15(19)11-4-7-14(13(16)10-11)18(8-9-20-2)12-5-6-12/h4,7,10,12H,3,5-6,8-9,16H2,1-2H3,(H,17,19). The lowest BCUT2D eigenvalue weighted by atomic mass is 10.1. The summed E-state index contributed by atoms with van der Waals surface area (Å²) in [5, 5.41) is 2.78. The minimum Gasteiger partial charge on any atom is -0.397 e. The van der Waals surface area contributed by atoms with Crippen molar-refractivity contribution >= 4 is 17.3 Å². The van der Waals surface area contributed by atoms with Crippen molar-refractivity contribution in [2.75, 3.05) is 37.4 Å². The van der Waals surface area contributed by atoms with Crippen molar-refractivity contribution in [1.29, 1.82) is 0 Å². The lowest BCUT2D eigenvalue weighted by Gasteiger charge is -2.26. The van der Waals surface area contributed by atoms with Crippen molar-refractivity contribution < 1.29 is 9.53 Å². The molecule has 1 aromatic rings. The molecule has 1 aromatic carbocycles. The summed E-state index contributed by atoms with van der Waals surface area (Å²) in [7, 11) is 1.70. The number of rotatable bonds is 7. The summed E-state index contributed by atoms with van der Waals surface area (Å²) in [6, 6.07) is 6.08. The van der Waals surface area contributed by atoms with Gasteiger partial charge in [-0.1, -0.05) is 0 Å². The average molecular weight is 277 g/mol. The Hall–Kier alpha value is -1.75. The summed E-state index contributed by atoms with van der Waals surface area (Å²) in [5.41, 5.74) is 8.39. The van der Waals surface area contributed by atoms with Gasteiger partial charge in [0.15, 0.2) is 0 Å². The molecule has 0 saturated heterocycles. The van der Waals surface area contributed by atoms with E-state index in [4.69, 9.17) is 10.5 Å². The van der Waals surface area contributed by atoms with E-state index in [0.717, 1.165) is 12.2 Å². The van der Waals surface area contributed by atoms with Crippen LogP contribution in [0.3, 0.4) is 0 Å². The van der Waals surface area contributed by atoms with Gasteiger partial charge in [-0.05, 0) is 38.0 Å². The van der Waals surface area contributed by atoms with E-state index in [2.05, 4.69) is 10.2 Å². The van der Waals surface area contributed by atoms with E-state index < -0.39 is 0 Å². The monoisotopic (exact) mass is 277 g/mol. The second-order valence-electron chi connectivity index (χ2n) is 5.05. The molecule has 0 aliphatic heterocycles. The maximum atomic E-state index is 11.8. The Morgan fingerprint density at radius 2 is 2.25 bits per heavy atom. The number of amides is 1. The lowest BCUT2D eigenvalue weighted by Crippen LogP contribution is -2.30. The van der Waals surface area contributed by atoms with Gasteiger partial charge in [0.25, 0.3) is 5.91 Å². The molecule has 0 unspecified atom stereocenters. The predicted octanol–water partition coefficient (Wildman–Crippen LogP) is 1.63. The summed E-state index contributed by atoms with van der Waals surface area (Å²) in [6.45, 7) is 4.01. The topological polar surface area (TPSA) is 67.6 Å². The fourth-order valence-corrected chi connectivity index (χ4v) is 2.30. The highest BCUT2D eigenvalue weighted by molar-refractivity contribution is 5.96. The molecule has 0 spiro atoms. The van der Waals surface area contributed by atoms with Crippen LogP contribution >= 0.6 is 0 Å². The Kier molecular flexibility index (Phi) is 4.84. The first-order chi connectivity index (χ1) is 9.67. The molecule has 110 valence electrons. The molecule has 2 rings (SSSR count). The van der Waals surface area contributed by atoms with Gasteiger partial charge in [0, 0.05) is 31.8 Å². The highest BCUT2D eigenvalue weighted by Crippen LogP contribution is 2.34. The largest absolute Gasteiger partial charge is 0.397 e. The molecule has 1 fully saturated rings. The van der Waals surface area contributed by atoms with Crippen LogP contribution < -0.4 is 16.0 Å². The zero-order valence-electron chi connectivity index (χ0n) is 12.2. The van der Waals surface area contributed by atoms with Crippen molar-refractivity contribution in [3.8, 4) is 0 Å². The molecule has 0 radical (unpaired) electrons. The van der Waals surface area contributed by atoms with Gasteiger partial charge in [0.1, 0.15) is 0 Å². The van der Waals surface area contributed by atoms with Crippen LogP contribution in [0.25, 0.3) is 0 Å². The van der Waals surface area contributed by atoms with Gasteiger partial charge in [-0.2, -0.15) is 0 Å². The third kappa shape index (κ3) is 3.42. The predicted molar refractivity (Wildman–Crippen MR) is 81.1 cm³/mol. The number of carbonyl (C=O) groups excluding carboxylic acids is 1. The van der Waals surface area contributed by atoms with Crippen molar-refractivity contribution in [3.05, 3.63) is 23.8 Å². The minimum absolute atomic E-state index is 0.0828. The zero-order chi connectivity index (χ0) is 14.5. The third-order valence-electron chi connectivity index (χ3n) is 3.46. The van der Waals surface area contributed by atoms with Crippen molar-refractivity contribution in [2.45, 2.75) is 25.8 Å². The Labute approximate surface area is 120 Å². The van der Waals surface area contributed by atoms with Crippen LogP contribution in [0.1, 0.15) is 30.1 Å². The molecule has 1 aliphatic rings. The Morgan fingerprint density at radius 3 is 2.80 bits per heavy atom. The molecule has 5 nitrogen and oxygen atoms in total. The number of hydrogen-bond donors (Lipinski definition) is 2. The molecule has 0 aromatic heterocycles. The second kappa shape index (κ2) is 6.61. The maximum Gasteiger partial charge on any atom is 0.251 e. The maximum absolute atomic E-state index is 11.8. The Morgan fingerprint density at radius 1 is 1.50 bits per heavy atom. The molecule has 5 heteroatoms. The van der Waals surface area contributed by atoms with Crippen molar-refractivity contribution in [1.82, 2.24) is 5.32 Å². The molecule has 20 heavy (non-hydrogen) atoms. The Balaban J connectivity index is 2.16. The fourth-order valence-electron chi connectivity index (χ4n) is 2.30. The molecule has 1 saturated carbocycles. The first-order valence-corrected chi connectivity index (χ1v) is 7.10. The first kappa shape index (κ1) is 14.7. The van der Waals surface area contributed by atoms with Gasteiger partial charge in [-0.25, -0.2) is 0 Å². The average Bonchev–Trinajstić information content (AvgIpc) is 3.25. The fraction of sp³-hybridized carbons (Fsp3) is 0.533. The molecule has 0 atom stereocenters. The zero-order valence-corrected chi connectivity index (χ0v) is 12.2. The number of ether oxygens (including phenoxy) is 1. The number of nitrogens with zero attached hydrogens (tertiary/aromatic N) is 1. The molecule has 1 aliphatic carbocycles. The molecule has 0 bridgehead atoms. The molecule has 1 amide bonds. The van der Waals surface area contributed by atoms with E-state index in [1.807, 2.05) is 19.1 Å². The van der Waals surface area contributed by atoms with Gasteiger partial charge in [-0.3, -0.25) is 4.79 Å². The van der Waals surface area contributed by atoms with E-state index in [9.17, 15) is 4.79 Å². The van der Waals surface area contributed by atoms with Crippen LogP contribution in [-0.4, -0.2) is 38.8 Å². The molecular formula is C15H23N3O2. The number of benzene rings is 1. The molecule has 0 heterocycles. The summed E-state index contributed by atoms with van der Waals surface area (Å²) >= 11 is 0. The van der Waals surface area contributed by atoms with E-state index in [-0.39, 0.29) is 5.91 Å². The quantitative estimate of drug-likeness (QED) is 0.743. The van der Waals surface area contributed by atoms with E-state index in [0.29, 0.717) is 30.4 Å². The second-order valence-corrected chi connectivity index (χ2v) is 5.05. The summed E-state index contributed by atoms with van der Waals surface area (Å²) in [6.07, 6.45) is 2.39. The van der Waals surface area contributed by atoms with E-state index >= 15 is 0 Å². The van der Waals surface area contributed by atoms with Crippen LogP contribution in [0, 0.1) is 0 Å². The van der Waals surface area contributed by atoms with Crippen LogP contribution in [0.2, 0.25) is 0 Å². The minimum atomic E-state index is -0.0828. The first-order valence-electron chi connectivity index (χ1n) is 7.10. The van der Waals surface area contributed by atoms with E-state index in [1.54, 1.807) is 13.2 Å². The number of anilines is 2. The number of nitrogens with one attached hydrogen (secondary N) is 1. The van der Waals surface area contributed by atoms with Crippen LogP contribution in [-0.2, 0) is 4.74 Å². The number of nitrogen functional groups attached to an aromatic ring is 1. The highest BCUT2D eigenvalue weighted by atomic mass is 16.5. The van der Waals surface area contributed by atoms with Gasteiger partial charge < -0.3 is 20.7 Å². The normalized spacial score (nSPS) is 14.1. The lowest BCUT2D eigenvalue weighted by molar-refractivity contribution is 0.0956.